The topological polar surface area (TPSA) is 124 Å². The maximum absolute atomic E-state index is 13.4. The molecule has 0 aliphatic rings. The van der Waals surface area contributed by atoms with E-state index in [-0.39, 0.29) is 5.69 Å². The molecule has 1 heterocycles. The Kier molecular flexibility index (Phi) is 4.64. The fraction of sp³-hybridized carbons (Fsp3) is 0.231. The number of carbonyl (C=O) groups excluding carboxylic acids is 1. The molecule has 128 valence electrons. The minimum absolute atomic E-state index is 0.00415. The van der Waals surface area contributed by atoms with Gasteiger partial charge in [-0.15, -0.1) is 0 Å². The molecule has 0 unspecified atom stereocenters. The highest BCUT2D eigenvalue weighted by Crippen LogP contribution is 2.20. The average Bonchev–Trinajstić information content (AvgIpc) is 2.87. The highest BCUT2D eigenvalue weighted by molar-refractivity contribution is 7.90. The molecule has 9 nitrogen and oxygen atoms in total. The van der Waals surface area contributed by atoms with E-state index in [9.17, 15) is 27.7 Å². The number of sulfonamides is 1. The van der Waals surface area contributed by atoms with Gasteiger partial charge in [-0.2, -0.15) is 5.10 Å². The van der Waals surface area contributed by atoms with Gasteiger partial charge in [-0.25, -0.2) is 17.5 Å². The van der Waals surface area contributed by atoms with E-state index in [0.29, 0.717) is 30.4 Å². The van der Waals surface area contributed by atoms with E-state index in [1.807, 2.05) is 0 Å². The van der Waals surface area contributed by atoms with Gasteiger partial charge in [0.25, 0.3) is 21.6 Å². The molecule has 0 atom stereocenters. The van der Waals surface area contributed by atoms with Crippen molar-refractivity contribution >= 4 is 21.6 Å². The molecular formula is C13H13FN4O5S. The highest BCUT2D eigenvalue weighted by Gasteiger charge is 2.24. The van der Waals surface area contributed by atoms with Crippen molar-refractivity contribution in [2.45, 2.75) is 25.3 Å². The zero-order valence-electron chi connectivity index (χ0n) is 12.7. The molecule has 0 saturated heterocycles. The Hall–Kier alpha value is -2.82. The number of rotatable bonds is 5. The summed E-state index contributed by atoms with van der Waals surface area (Å²) in [4.78, 5) is 21.2. The van der Waals surface area contributed by atoms with Crippen molar-refractivity contribution in [3.05, 3.63) is 51.6 Å². The van der Waals surface area contributed by atoms with Gasteiger partial charge in [0.15, 0.2) is 0 Å². The summed E-state index contributed by atoms with van der Waals surface area (Å²) in [5.74, 6) is -2.07. The molecule has 0 radical (unpaired) electrons. The van der Waals surface area contributed by atoms with Gasteiger partial charge in [-0.05, 0) is 26.0 Å². The molecule has 0 fully saturated rings. The number of nitro groups is 1. The van der Waals surface area contributed by atoms with Gasteiger partial charge >= 0.3 is 0 Å². The molecular weight excluding hydrogens is 343 g/mol. The lowest BCUT2D eigenvalue weighted by Crippen LogP contribution is -2.32. The molecule has 1 N–H and O–H groups in total. The predicted molar refractivity (Wildman–Crippen MR) is 80.3 cm³/mol. The Morgan fingerprint density at radius 2 is 2.04 bits per heavy atom. The van der Waals surface area contributed by atoms with Crippen LogP contribution < -0.4 is 4.72 Å². The molecule has 0 aliphatic heterocycles. The van der Waals surface area contributed by atoms with Crippen LogP contribution in [-0.2, 0) is 16.6 Å². The number of non-ortho nitro benzene ring substituents is 1. The van der Waals surface area contributed by atoms with E-state index < -0.39 is 37.3 Å². The number of carbonyl (C=O) groups is 1. The molecule has 2 aromatic rings. The number of aromatic nitrogens is 2. The summed E-state index contributed by atoms with van der Waals surface area (Å²) < 4.78 is 40.9. The normalized spacial score (nSPS) is 11.3. The first-order chi connectivity index (χ1) is 11.1. The fourth-order valence-electron chi connectivity index (χ4n) is 2.01. The van der Waals surface area contributed by atoms with E-state index in [1.165, 1.54) is 10.7 Å². The van der Waals surface area contributed by atoms with Crippen molar-refractivity contribution in [1.29, 1.82) is 0 Å². The average molecular weight is 356 g/mol. The van der Waals surface area contributed by atoms with Crippen LogP contribution in [0.4, 0.5) is 10.1 Å². The van der Waals surface area contributed by atoms with Gasteiger partial charge < -0.3 is 0 Å². The maximum atomic E-state index is 13.4. The largest absolute Gasteiger partial charge is 0.283 e. The number of nitrogens with one attached hydrogen (secondary N) is 1. The number of benzene rings is 1. The van der Waals surface area contributed by atoms with E-state index in [2.05, 4.69) is 5.10 Å². The molecule has 0 bridgehead atoms. The van der Waals surface area contributed by atoms with Gasteiger partial charge in [0.05, 0.1) is 21.6 Å². The number of hydrogen-bond acceptors (Lipinski definition) is 6. The number of nitro benzene ring substituents is 1. The molecule has 1 aromatic carbocycles. The van der Waals surface area contributed by atoms with E-state index >= 15 is 0 Å². The third-order valence-electron chi connectivity index (χ3n) is 3.04. The SMILES string of the molecule is CCn1nc(C)cc1C(=O)NS(=O)(=O)c1cc(F)cc([N+](=O)[O-])c1. The molecule has 2 rings (SSSR count). The first-order valence-electron chi connectivity index (χ1n) is 6.70. The van der Waals surface area contributed by atoms with Gasteiger partial charge in [-0.1, -0.05) is 0 Å². The molecule has 0 spiro atoms. The number of amides is 1. The lowest BCUT2D eigenvalue weighted by atomic mass is 10.3. The molecule has 24 heavy (non-hydrogen) atoms. The summed E-state index contributed by atoms with van der Waals surface area (Å²) >= 11 is 0. The van der Waals surface area contributed by atoms with Crippen LogP contribution in [-0.4, -0.2) is 29.0 Å². The number of halogens is 1. The summed E-state index contributed by atoms with van der Waals surface area (Å²) in [5.41, 5.74) is -0.220. The van der Waals surface area contributed by atoms with Gasteiger partial charge in [0.2, 0.25) is 0 Å². The van der Waals surface area contributed by atoms with Crippen LogP contribution in [0.15, 0.2) is 29.2 Å². The number of nitrogens with zero attached hydrogens (tertiary/aromatic N) is 3. The molecule has 0 saturated carbocycles. The highest BCUT2D eigenvalue weighted by atomic mass is 32.2. The first kappa shape index (κ1) is 17.5. The second-order valence-electron chi connectivity index (χ2n) is 4.82. The maximum Gasteiger partial charge on any atom is 0.283 e. The number of aryl methyl sites for hydroxylation is 2. The van der Waals surface area contributed by atoms with Crippen LogP contribution in [0.1, 0.15) is 23.1 Å². The van der Waals surface area contributed by atoms with Crippen LogP contribution in [0.25, 0.3) is 0 Å². The van der Waals surface area contributed by atoms with Gasteiger partial charge in [-0.3, -0.25) is 19.6 Å². The van der Waals surface area contributed by atoms with Crippen molar-refractivity contribution < 1.29 is 22.5 Å². The van der Waals surface area contributed by atoms with Crippen LogP contribution >= 0.6 is 0 Å². The second kappa shape index (κ2) is 6.35. The Labute approximate surface area is 136 Å². The van der Waals surface area contributed by atoms with Crippen LogP contribution in [0.3, 0.4) is 0 Å². The predicted octanol–water partition coefficient (Wildman–Crippen LogP) is 1.38. The van der Waals surface area contributed by atoms with E-state index in [1.54, 1.807) is 18.6 Å². The summed E-state index contributed by atoms with van der Waals surface area (Å²) in [5, 5.41) is 14.7. The summed E-state index contributed by atoms with van der Waals surface area (Å²) in [6.45, 7) is 3.68. The first-order valence-corrected chi connectivity index (χ1v) is 8.19. The van der Waals surface area contributed by atoms with E-state index in [4.69, 9.17) is 0 Å². The summed E-state index contributed by atoms with van der Waals surface area (Å²) in [7, 11) is -4.49. The molecule has 11 heteroatoms. The van der Waals surface area contributed by atoms with E-state index in [0.717, 1.165) is 0 Å². The third kappa shape index (κ3) is 3.56. The van der Waals surface area contributed by atoms with Gasteiger partial charge in [0.1, 0.15) is 11.5 Å². The summed E-state index contributed by atoms with van der Waals surface area (Å²) in [6.07, 6.45) is 0. The standard InChI is InChI=1S/C13H13FN4O5S/c1-3-17-12(4-8(2)15-17)13(19)16-24(22,23)11-6-9(14)5-10(7-11)18(20)21/h4-7H,3H2,1-2H3,(H,16,19). The zero-order chi connectivity index (χ0) is 18.1. The number of hydrogen-bond donors (Lipinski definition) is 1. The fourth-order valence-corrected chi connectivity index (χ4v) is 3.02. The van der Waals surface area contributed by atoms with Crippen LogP contribution in [0, 0.1) is 22.9 Å². The summed E-state index contributed by atoms with van der Waals surface area (Å²) in [6, 6.07) is 3.23. The van der Waals surface area contributed by atoms with Crippen molar-refractivity contribution in [1.82, 2.24) is 14.5 Å². The Bertz CT molecular complexity index is 922. The van der Waals surface area contributed by atoms with Crippen molar-refractivity contribution in [3.8, 4) is 0 Å². The Morgan fingerprint density at radius 3 is 2.62 bits per heavy atom. The van der Waals surface area contributed by atoms with Crippen LogP contribution in [0.5, 0.6) is 0 Å². The lowest BCUT2D eigenvalue weighted by Gasteiger charge is -2.08. The monoisotopic (exact) mass is 356 g/mol. The van der Waals surface area contributed by atoms with Crippen molar-refractivity contribution in [2.24, 2.45) is 0 Å². The Morgan fingerprint density at radius 1 is 1.38 bits per heavy atom. The minimum Gasteiger partial charge on any atom is -0.266 e. The van der Waals surface area contributed by atoms with Crippen molar-refractivity contribution in [3.63, 3.8) is 0 Å². The molecule has 1 amide bonds. The lowest BCUT2D eigenvalue weighted by molar-refractivity contribution is -0.385. The van der Waals surface area contributed by atoms with Gasteiger partial charge in [0, 0.05) is 12.6 Å². The smallest absolute Gasteiger partial charge is 0.266 e. The second-order valence-corrected chi connectivity index (χ2v) is 6.51. The molecule has 0 aliphatic carbocycles. The van der Waals surface area contributed by atoms with Crippen LogP contribution in [0.2, 0.25) is 0 Å². The Balaban J connectivity index is 2.38. The zero-order valence-corrected chi connectivity index (χ0v) is 13.5. The minimum atomic E-state index is -4.49. The quantitative estimate of drug-likeness (QED) is 0.637. The third-order valence-corrected chi connectivity index (χ3v) is 4.35. The van der Waals surface area contributed by atoms with Crippen molar-refractivity contribution in [2.75, 3.05) is 0 Å². The molecule has 1 aromatic heterocycles.